The average molecular weight is 411 g/mol. The smallest absolute Gasteiger partial charge is 0.311 e. The van der Waals surface area contributed by atoms with E-state index < -0.39 is 5.97 Å². The molecule has 0 saturated carbocycles. The summed E-state index contributed by atoms with van der Waals surface area (Å²) >= 11 is 0. The molecule has 0 spiro atoms. The molecule has 162 valence electrons. The molecule has 0 aliphatic carbocycles. The van der Waals surface area contributed by atoms with Crippen LogP contribution in [0.25, 0.3) is 11.1 Å². The predicted octanol–water partition coefficient (Wildman–Crippen LogP) is 6.72. The van der Waals surface area contributed by atoms with E-state index in [0.717, 1.165) is 24.0 Å². The van der Waals surface area contributed by atoms with Crippen LogP contribution in [0.15, 0.2) is 54.6 Å². The van der Waals surface area contributed by atoms with E-state index in [1.54, 1.807) is 12.1 Å². The summed E-state index contributed by atoms with van der Waals surface area (Å²) in [7, 11) is 0. The Morgan fingerprint density at radius 3 is 1.90 bits per heavy atom. The van der Waals surface area contributed by atoms with Crippen molar-refractivity contribution in [1.29, 1.82) is 0 Å². The molecule has 0 heterocycles. The van der Waals surface area contributed by atoms with Crippen LogP contribution in [0.1, 0.15) is 71.1 Å². The zero-order valence-electron chi connectivity index (χ0n) is 18.1. The Labute approximate surface area is 180 Å². The van der Waals surface area contributed by atoms with Crippen LogP contribution in [0, 0.1) is 0 Å². The molecule has 0 atom stereocenters. The first kappa shape index (κ1) is 23.7. The van der Waals surface area contributed by atoms with Crippen LogP contribution >= 0.6 is 0 Å². The van der Waals surface area contributed by atoms with Crippen LogP contribution in [-0.2, 0) is 14.3 Å². The average Bonchev–Trinajstić information content (AvgIpc) is 2.78. The van der Waals surface area contributed by atoms with Crippen LogP contribution in [0.3, 0.4) is 0 Å². The number of rotatable bonds is 14. The van der Waals surface area contributed by atoms with E-state index in [1.807, 2.05) is 42.5 Å². The summed E-state index contributed by atoms with van der Waals surface area (Å²) in [4.78, 5) is 23.7. The van der Waals surface area contributed by atoms with Gasteiger partial charge in [0, 0.05) is 0 Å². The van der Waals surface area contributed by atoms with E-state index >= 15 is 0 Å². The summed E-state index contributed by atoms with van der Waals surface area (Å²) in [5.74, 6) is -0.284. The second-order valence-corrected chi connectivity index (χ2v) is 7.56. The topological polar surface area (TPSA) is 52.6 Å². The molecule has 0 radical (unpaired) electrons. The molecule has 2 aromatic rings. The first-order valence-electron chi connectivity index (χ1n) is 11.2. The second-order valence-electron chi connectivity index (χ2n) is 7.56. The molecule has 30 heavy (non-hydrogen) atoms. The monoisotopic (exact) mass is 410 g/mol. The fraction of sp³-hybridized carbons (Fsp3) is 0.462. The van der Waals surface area contributed by atoms with Gasteiger partial charge in [0.2, 0.25) is 0 Å². The zero-order chi connectivity index (χ0) is 21.4. The first-order valence-corrected chi connectivity index (χ1v) is 11.2. The minimum atomic E-state index is -0.425. The molecule has 0 fully saturated rings. The lowest BCUT2D eigenvalue weighted by Gasteiger charge is -2.07. The van der Waals surface area contributed by atoms with Gasteiger partial charge < -0.3 is 9.47 Å². The second kappa shape index (κ2) is 14.4. The fourth-order valence-electron chi connectivity index (χ4n) is 3.23. The summed E-state index contributed by atoms with van der Waals surface area (Å²) in [5.41, 5.74) is 2.16. The van der Waals surface area contributed by atoms with Crippen LogP contribution in [-0.4, -0.2) is 18.5 Å². The summed E-state index contributed by atoms with van der Waals surface area (Å²) in [6.07, 6.45) is 9.70. The summed E-state index contributed by atoms with van der Waals surface area (Å²) in [6.45, 7) is 2.65. The van der Waals surface area contributed by atoms with Gasteiger partial charge in [0.15, 0.2) is 0 Å². The van der Waals surface area contributed by atoms with Gasteiger partial charge in [0.05, 0.1) is 19.4 Å². The molecule has 0 amide bonds. The van der Waals surface area contributed by atoms with Crippen molar-refractivity contribution in [2.45, 2.75) is 71.1 Å². The highest BCUT2D eigenvalue weighted by molar-refractivity contribution is 5.79. The molecular weight excluding hydrogens is 376 g/mol. The van der Waals surface area contributed by atoms with Crippen molar-refractivity contribution in [2.24, 2.45) is 0 Å². The predicted molar refractivity (Wildman–Crippen MR) is 120 cm³/mol. The number of ether oxygens (including phenoxy) is 2. The minimum Gasteiger partial charge on any atom is -0.466 e. The number of unbranched alkanes of at least 4 members (excludes halogenated alkanes) is 7. The Hall–Kier alpha value is -2.62. The van der Waals surface area contributed by atoms with Gasteiger partial charge in [0.25, 0.3) is 0 Å². The van der Waals surface area contributed by atoms with Gasteiger partial charge in [-0.15, -0.1) is 0 Å². The molecular formula is C26H34O4. The molecule has 0 bridgehead atoms. The number of carbonyl (C=O) groups excluding carboxylic acids is 2. The van der Waals surface area contributed by atoms with Gasteiger partial charge in [-0.25, -0.2) is 0 Å². The van der Waals surface area contributed by atoms with E-state index in [9.17, 15) is 9.59 Å². The Balaban J connectivity index is 1.55. The van der Waals surface area contributed by atoms with Gasteiger partial charge >= 0.3 is 11.9 Å². The Kier molecular flexibility index (Phi) is 11.3. The van der Waals surface area contributed by atoms with Crippen molar-refractivity contribution in [2.75, 3.05) is 6.61 Å². The highest BCUT2D eigenvalue weighted by Crippen LogP contribution is 2.22. The third-order valence-corrected chi connectivity index (χ3v) is 4.99. The number of hydrogen-bond acceptors (Lipinski definition) is 4. The van der Waals surface area contributed by atoms with Crippen molar-refractivity contribution >= 4 is 11.9 Å². The molecule has 0 aliphatic rings. The van der Waals surface area contributed by atoms with Gasteiger partial charge in [0.1, 0.15) is 5.75 Å². The lowest BCUT2D eigenvalue weighted by molar-refractivity contribution is -0.147. The standard InChI is InChI=1S/C26H34O4/c1-2-3-4-5-6-7-8-12-21-29-25(27)19-20-26(28)30-24-17-15-23(16-18-24)22-13-10-9-11-14-22/h9-11,13-18H,2-8,12,19-21H2,1H3. The van der Waals surface area contributed by atoms with Crippen molar-refractivity contribution in [3.05, 3.63) is 54.6 Å². The minimum absolute atomic E-state index is 0.0245. The van der Waals surface area contributed by atoms with Gasteiger partial charge in [-0.3, -0.25) is 9.59 Å². The van der Waals surface area contributed by atoms with Crippen molar-refractivity contribution in [3.63, 3.8) is 0 Å². The van der Waals surface area contributed by atoms with Crippen LogP contribution in [0.2, 0.25) is 0 Å². The first-order chi connectivity index (χ1) is 14.7. The Morgan fingerprint density at radius 1 is 0.667 bits per heavy atom. The largest absolute Gasteiger partial charge is 0.466 e. The zero-order valence-corrected chi connectivity index (χ0v) is 18.1. The van der Waals surface area contributed by atoms with Crippen molar-refractivity contribution in [3.8, 4) is 16.9 Å². The van der Waals surface area contributed by atoms with Gasteiger partial charge in [-0.05, 0) is 29.7 Å². The molecule has 0 saturated heterocycles. The Bertz CT molecular complexity index is 737. The third-order valence-electron chi connectivity index (χ3n) is 4.99. The highest BCUT2D eigenvalue weighted by atomic mass is 16.5. The van der Waals surface area contributed by atoms with Crippen LogP contribution < -0.4 is 4.74 Å². The molecule has 2 aromatic carbocycles. The number of esters is 2. The maximum Gasteiger partial charge on any atom is 0.311 e. The molecule has 0 aromatic heterocycles. The van der Waals surface area contributed by atoms with Gasteiger partial charge in [-0.2, -0.15) is 0 Å². The van der Waals surface area contributed by atoms with Crippen LogP contribution in [0.4, 0.5) is 0 Å². The normalized spacial score (nSPS) is 10.6. The lowest BCUT2D eigenvalue weighted by atomic mass is 10.1. The quantitative estimate of drug-likeness (QED) is 0.197. The molecule has 2 rings (SSSR count). The highest BCUT2D eigenvalue weighted by Gasteiger charge is 2.10. The number of carbonyl (C=O) groups is 2. The van der Waals surface area contributed by atoms with E-state index in [-0.39, 0.29) is 18.8 Å². The third kappa shape index (κ3) is 9.73. The number of benzene rings is 2. The SMILES string of the molecule is CCCCCCCCCCOC(=O)CCC(=O)Oc1ccc(-c2ccccc2)cc1. The van der Waals surface area contributed by atoms with E-state index in [0.29, 0.717) is 12.4 Å². The van der Waals surface area contributed by atoms with Crippen molar-refractivity contribution in [1.82, 2.24) is 0 Å². The molecule has 0 unspecified atom stereocenters. The summed E-state index contributed by atoms with van der Waals surface area (Å²) < 4.78 is 10.5. The van der Waals surface area contributed by atoms with E-state index in [2.05, 4.69) is 6.92 Å². The Morgan fingerprint density at radius 2 is 1.23 bits per heavy atom. The maximum absolute atomic E-state index is 12.0. The summed E-state index contributed by atoms with van der Waals surface area (Å²) in [6, 6.07) is 17.3. The summed E-state index contributed by atoms with van der Waals surface area (Å²) in [5, 5.41) is 0. The fourth-order valence-corrected chi connectivity index (χ4v) is 3.23. The molecule has 4 nitrogen and oxygen atoms in total. The molecule has 4 heteroatoms. The lowest BCUT2D eigenvalue weighted by Crippen LogP contribution is -2.12. The van der Waals surface area contributed by atoms with E-state index in [4.69, 9.17) is 9.47 Å². The molecule has 0 N–H and O–H groups in total. The number of hydrogen-bond donors (Lipinski definition) is 0. The molecule has 0 aliphatic heterocycles. The van der Waals surface area contributed by atoms with Crippen LogP contribution in [0.5, 0.6) is 5.75 Å². The van der Waals surface area contributed by atoms with Crippen molar-refractivity contribution < 1.29 is 19.1 Å². The van der Waals surface area contributed by atoms with E-state index in [1.165, 1.54) is 38.5 Å². The van der Waals surface area contributed by atoms with Gasteiger partial charge in [-0.1, -0.05) is 94.3 Å². The maximum atomic E-state index is 12.0.